The summed E-state index contributed by atoms with van der Waals surface area (Å²) in [6.45, 7) is 11.4. The summed E-state index contributed by atoms with van der Waals surface area (Å²) < 4.78 is 18.1. The average Bonchev–Trinajstić information content (AvgIpc) is 2.82. The van der Waals surface area contributed by atoms with Gasteiger partial charge >= 0.3 is 13.1 Å². The van der Waals surface area contributed by atoms with Crippen molar-refractivity contribution in [2.24, 2.45) is 0 Å². The van der Waals surface area contributed by atoms with Gasteiger partial charge in [-0.25, -0.2) is 4.79 Å². The third kappa shape index (κ3) is 4.86. The number of carboxylic acid groups (broad SMARTS) is 1. The molecule has 7 nitrogen and oxygen atoms in total. The van der Waals surface area contributed by atoms with E-state index in [1.807, 2.05) is 52.6 Å². The molecule has 0 aromatic heterocycles. The van der Waals surface area contributed by atoms with Crippen LogP contribution in [-0.2, 0) is 15.7 Å². The van der Waals surface area contributed by atoms with E-state index < -0.39 is 24.3 Å². The van der Waals surface area contributed by atoms with E-state index in [0.717, 1.165) is 0 Å². The number of carboxylic acids is 1. The lowest BCUT2D eigenvalue weighted by Crippen LogP contribution is -2.41. The standard InChI is InChI=1S/C20H32BNO6/c1-7-15-16(18(24)25)12-14(21-27-19(2,3)20(4,5)28-21)13-17(15)26-11-9-22(6)8-10-23/h12-13,23H,7-11H2,1-6H3,(H,24,25). The number of aromatic carboxylic acids is 1. The van der Waals surface area contributed by atoms with Gasteiger partial charge in [-0.15, -0.1) is 0 Å². The molecule has 1 saturated heterocycles. The summed E-state index contributed by atoms with van der Waals surface area (Å²) in [5, 5.41) is 18.7. The Morgan fingerprint density at radius 2 is 1.79 bits per heavy atom. The van der Waals surface area contributed by atoms with Crippen LogP contribution in [0.1, 0.15) is 50.5 Å². The molecule has 0 bridgehead atoms. The van der Waals surface area contributed by atoms with Crippen LogP contribution in [0.3, 0.4) is 0 Å². The second-order valence-corrected chi connectivity index (χ2v) is 8.17. The molecule has 1 aliphatic heterocycles. The molecule has 0 aliphatic carbocycles. The zero-order chi connectivity index (χ0) is 21.1. The van der Waals surface area contributed by atoms with E-state index >= 15 is 0 Å². The first-order valence-electron chi connectivity index (χ1n) is 9.70. The van der Waals surface area contributed by atoms with Crippen LogP contribution in [0.2, 0.25) is 0 Å². The van der Waals surface area contributed by atoms with Crippen LogP contribution in [-0.4, -0.2) is 72.8 Å². The first-order valence-corrected chi connectivity index (χ1v) is 9.70. The largest absolute Gasteiger partial charge is 0.494 e. The van der Waals surface area contributed by atoms with Crippen molar-refractivity contribution < 1.29 is 29.1 Å². The number of rotatable bonds is 9. The molecular formula is C20H32BNO6. The van der Waals surface area contributed by atoms with Crippen molar-refractivity contribution in [3.05, 3.63) is 23.3 Å². The summed E-state index contributed by atoms with van der Waals surface area (Å²) in [6, 6.07) is 3.44. The third-order valence-corrected chi connectivity index (χ3v) is 5.55. The number of carbonyl (C=O) groups is 1. The lowest BCUT2D eigenvalue weighted by molar-refractivity contribution is 0.00578. The Morgan fingerprint density at radius 1 is 1.18 bits per heavy atom. The molecule has 0 amide bonds. The number of aliphatic hydroxyl groups excluding tert-OH is 1. The molecule has 0 radical (unpaired) electrons. The quantitative estimate of drug-likeness (QED) is 0.616. The molecule has 1 aliphatic rings. The van der Waals surface area contributed by atoms with Gasteiger partial charge in [-0.2, -0.15) is 0 Å². The second-order valence-electron chi connectivity index (χ2n) is 8.17. The maximum atomic E-state index is 11.8. The van der Waals surface area contributed by atoms with Crippen molar-refractivity contribution in [1.82, 2.24) is 4.90 Å². The fourth-order valence-corrected chi connectivity index (χ4v) is 3.06. The van der Waals surface area contributed by atoms with Crippen molar-refractivity contribution in [3.8, 4) is 5.75 Å². The molecule has 8 heteroatoms. The molecule has 1 aromatic rings. The SMILES string of the molecule is CCc1c(OCCN(C)CCO)cc(B2OC(C)(C)C(C)(C)O2)cc1C(=O)O. The monoisotopic (exact) mass is 393 g/mol. The summed E-state index contributed by atoms with van der Waals surface area (Å²) in [5.74, 6) is -0.470. The highest BCUT2D eigenvalue weighted by Gasteiger charge is 2.52. The van der Waals surface area contributed by atoms with E-state index in [0.29, 0.717) is 42.9 Å². The maximum absolute atomic E-state index is 11.8. The smallest absolute Gasteiger partial charge is 0.492 e. The number of nitrogens with zero attached hydrogens (tertiary/aromatic N) is 1. The van der Waals surface area contributed by atoms with Gasteiger partial charge in [0.15, 0.2) is 0 Å². The van der Waals surface area contributed by atoms with Crippen LogP contribution in [0.15, 0.2) is 12.1 Å². The van der Waals surface area contributed by atoms with Gasteiger partial charge in [-0.05, 0) is 58.8 Å². The number of hydrogen-bond donors (Lipinski definition) is 2. The number of likely N-dealkylation sites (N-methyl/N-ethyl adjacent to an activating group) is 1. The minimum atomic E-state index is -1.00. The fraction of sp³-hybridized carbons (Fsp3) is 0.650. The number of hydrogen-bond acceptors (Lipinski definition) is 6. The van der Waals surface area contributed by atoms with Crippen molar-refractivity contribution in [1.29, 1.82) is 0 Å². The molecule has 1 fully saturated rings. The van der Waals surface area contributed by atoms with E-state index in [9.17, 15) is 9.90 Å². The highest BCUT2D eigenvalue weighted by atomic mass is 16.7. The molecule has 28 heavy (non-hydrogen) atoms. The van der Waals surface area contributed by atoms with Gasteiger partial charge < -0.3 is 29.2 Å². The van der Waals surface area contributed by atoms with Crippen molar-refractivity contribution in [2.45, 2.75) is 52.2 Å². The lowest BCUT2D eigenvalue weighted by atomic mass is 9.77. The van der Waals surface area contributed by atoms with Crippen LogP contribution in [0.4, 0.5) is 0 Å². The van der Waals surface area contributed by atoms with E-state index in [4.69, 9.17) is 19.2 Å². The Labute approximate surface area is 167 Å². The van der Waals surface area contributed by atoms with Gasteiger partial charge in [0.2, 0.25) is 0 Å². The normalized spacial score (nSPS) is 17.9. The molecule has 2 rings (SSSR count). The zero-order valence-electron chi connectivity index (χ0n) is 17.7. The molecule has 1 aromatic carbocycles. The summed E-state index contributed by atoms with van der Waals surface area (Å²) >= 11 is 0. The molecule has 0 atom stereocenters. The molecule has 1 heterocycles. The predicted molar refractivity (Wildman–Crippen MR) is 109 cm³/mol. The molecule has 0 spiro atoms. The Balaban J connectivity index is 2.32. The van der Waals surface area contributed by atoms with Crippen molar-refractivity contribution in [2.75, 3.05) is 33.4 Å². The van der Waals surface area contributed by atoms with Gasteiger partial charge in [0.1, 0.15) is 12.4 Å². The van der Waals surface area contributed by atoms with Crippen LogP contribution in [0, 0.1) is 0 Å². The first-order chi connectivity index (χ1) is 13.0. The van der Waals surface area contributed by atoms with E-state index in [-0.39, 0.29) is 12.2 Å². The van der Waals surface area contributed by atoms with E-state index in [1.165, 1.54) is 0 Å². The van der Waals surface area contributed by atoms with Crippen molar-refractivity contribution in [3.63, 3.8) is 0 Å². The van der Waals surface area contributed by atoms with Gasteiger partial charge in [-0.3, -0.25) is 0 Å². The van der Waals surface area contributed by atoms with Crippen LogP contribution in [0.25, 0.3) is 0 Å². The molecule has 156 valence electrons. The number of ether oxygens (including phenoxy) is 1. The highest BCUT2D eigenvalue weighted by molar-refractivity contribution is 6.62. The zero-order valence-corrected chi connectivity index (χ0v) is 17.7. The van der Waals surface area contributed by atoms with E-state index in [2.05, 4.69) is 0 Å². The Morgan fingerprint density at radius 3 is 2.29 bits per heavy atom. The molecule has 2 N–H and O–H groups in total. The Bertz CT molecular complexity index is 690. The summed E-state index contributed by atoms with van der Waals surface area (Å²) in [7, 11) is 1.23. The molecule has 0 unspecified atom stereocenters. The van der Waals surface area contributed by atoms with Gasteiger partial charge in [0.25, 0.3) is 0 Å². The van der Waals surface area contributed by atoms with Crippen LogP contribution in [0.5, 0.6) is 5.75 Å². The van der Waals surface area contributed by atoms with Crippen molar-refractivity contribution >= 4 is 18.6 Å². The maximum Gasteiger partial charge on any atom is 0.494 e. The Kier molecular flexibility index (Phi) is 7.14. The number of aliphatic hydroxyl groups is 1. The van der Waals surface area contributed by atoms with Gasteiger partial charge in [0, 0.05) is 18.7 Å². The fourth-order valence-electron chi connectivity index (χ4n) is 3.06. The minimum Gasteiger partial charge on any atom is -0.492 e. The Hall–Kier alpha value is -1.61. The van der Waals surface area contributed by atoms with Gasteiger partial charge in [0.05, 0.1) is 23.4 Å². The lowest BCUT2D eigenvalue weighted by Gasteiger charge is -2.32. The van der Waals surface area contributed by atoms with Crippen LogP contribution < -0.4 is 10.2 Å². The van der Waals surface area contributed by atoms with Gasteiger partial charge in [-0.1, -0.05) is 6.92 Å². The highest BCUT2D eigenvalue weighted by Crippen LogP contribution is 2.37. The van der Waals surface area contributed by atoms with Crippen LogP contribution >= 0.6 is 0 Å². The third-order valence-electron chi connectivity index (χ3n) is 5.55. The predicted octanol–water partition coefficient (Wildman–Crippen LogP) is 1.55. The summed E-state index contributed by atoms with van der Waals surface area (Å²) in [4.78, 5) is 13.8. The topological polar surface area (TPSA) is 88.5 Å². The minimum absolute atomic E-state index is 0.0806. The number of benzene rings is 1. The first kappa shape index (κ1) is 22.7. The molecule has 0 saturated carbocycles. The van der Waals surface area contributed by atoms with E-state index in [1.54, 1.807) is 6.07 Å². The summed E-state index contributed by atoms with van der Waals surface area (Å²) in [5.41, 5.74) is 0.453. The average molecular weight is 393 g/mol. The summed E-state index contributed by atoms with van der Waals surface area (Å²) in [6.07, 6.45) is 0.535. The molecular weight excluding hydrogens is 361 g/mol. The second kappa shape index (κ2) is 8.82.